The number of aliphatic carboxylic acids is 1. The normalized spacial score (nSPS) is 11.2. The molecule has 2 N–H and O–H groups in total. The summed E-state index contributed by atoms with van der Waals surface area (Å²) in [5.74, 6) is -1.93. The molecule has 0 spiro atoms. The van der Waals surface area contributed by atoms with Gasteiger partial charge >= 0.3 is 11.7 Å². The average molecular weight is 463 g/mol. The van der Waals surface area contributed by atoms with Crippen LogP contribution in [0.25, 0.3) is 22.3 Å². The second kappa shape index (κ2) is 8.01. The van der Waals surface area contributed by atoms with Crippen LogP contribution in [0.15, 0.2) is 52.3 Å². The Kier molecular flexibility index (Phi) is 5.38. The van der Waals surface area contributed by atoms with Crippen LogP contribution in [-0.4, -0.2) is 30.2 Å². The Balaban J connectivity index is 2.05. The number of rotatable bonds is 5. The van der Waals surface area contributed by atoms with Crippen molar-refractivity contribution in [1.29, 1.82) is 0 Å². The lowest BCUT2D eigenvalue weighted by molar-refractivity contribution is -0.137. The highest BCUT2D eigenvalue weighted by molar-refractivity contribution is 6.35. The van der Waals surface area contributed by atoms with Crippen molar-refractivity contribution in [3.63, 3.8) is 0 Å². The van der Waals surface area contributed by atoms with Gasteiger partial charge < -0.3 is 10.1 Å². The van der Waals surface area contributed by atoms with Crippen LogP contribution in [0.5, 0.6) is 0 Å². The van der Waals surface area contributed by atoms with Gasteiger partial charge in [0.05, 0.1) is 23.0 Å². The summed E-state index contributed by atoms with van der Waals surface area (Å²) >= 11 is 12.2. The average Bonchev–Trinajstić information content (AvgIpc) is 3.24. The fourth-order valence-electron chi connectivity index (χ4n) is 3.28. The number of halogens is 3. The van der Waals surface area contributed by atoms with E-state index in [1.165, 1.54) is 29.1 Å². The molecule has 0 aliphatic carbocycles. The lowest BCUT2D eigenvalue weighted by atomic mass is 10.1. The molecular formula is C20H13Cl2FN4O4. The summed E-state index contributed by atoms with van der Waals surface area (Å²) in [6.07, 6.45) is 2.94. The van der Waals surface area contributed by atoms with Crippen molar-refractivity contribution < 1.29 is 14.3 Å². The van der Waals surface area contributed by atoms with E-state index < -0.39 is 29.6 Å². The Labute approximate surface area is 183 Å². The molecule has 4 rings (SSSR count). The molecule has 0 fully saturated rings. The third kappa shape index (κ3) is 3.85. The largest absolute Gasteiger partial charge is 0.480 e. The predicted molar refractivity (Wildman–Crippen MR) is 113 cm³/mol. The number of nitrogens with one attached hydrogen (secondary N) is 1. The smallest absolute Gasteiger partial charge is 0.332 e. The zero-order valence-electron chi connectivity index (χ0n) is 15.6. The van der Waals surface area contributed by atoms with E-state index in [1.54, 1.807) is 12.1 Å². The fraction of sp³-hybridized carbons (Fsp3) is 0.100. The number of H-pyrrole nitrogens is 1. The third-order valence-corrected chi connectivity index (χ3v) is 5.29. The van der Waals surface area contributed by atoms with Crippen LogP contribution in [0, 0.1) is 5.82 Å². The van der Waals surface area contributed by atoms with Gasteiger partial charge in [0.1, 0.15) is 18.2 Å². The second-order valence-electron chi connectivity index (χ2n) is 6.68. The number of hydrogen-bond acceptors (Lipinski definition) is 4. The lowest BCUT2D eigenvalue weighted by Crippen LogP contribution is -2.42. The highest BCUT2D eigenvalue weighted by Gasteiger charge is 2.19. The van der Waals surface area contributed by atoms with Crippen LogP contribution >= 0.6 is 23.2 Å². The molecule has 2 aromatic heterocycles. The van der Waals surface area contributed by atoms with Gasteiger partial charge in [0.15, 0.2) is 0 Å². The molecule has 0 bridgehead atoms. The molecule has 0 unspecified atom stereocenters. The maximum Gasteiger partial charge on any atom is 0.332 e. The molecule has 8 nitrogen and oxygen atoms in total. The van der Waals surface area contributed by atoms with Gasteiger partial charge in [-0.1, -0.05) is 29.3 Å². The quantitative estimate of drug-likeness (QED) is 0.473. The van der Waals surface area contributed by atoms with E-state index in [-0.39, 0.29) is 33.9 Å². The van der Waals surface area contributed by atoms with Gasteiger partial charge in [0.2, 0.25) is 0 Å². The van der Waals surface area contributed by atoms with Gasteiger partial charge in [0.25, 0.3) is 5.56 Å². The van der Waals surface area contributed by atoms with Gasteiger partial charge in [0, 0.05) is 22.4 Å². The monoisotopic (exact) mass is 462 g/mol. The molecule has 2 heterocycles. The molecule has 0 amide bonds. The summed E-state index contributed by atoms with van der Waals surface area (Å²) in [4.78, 5) is 43.9. The van der Waals surface area contributed by atoms with Gasteiger partial charge in [-0.3, -0.25) is 14.2 Å². The van der Waals surface area contributed by atoms with Crippen molar-refractivity contribution >= 4 is 40.1 Å². The number of aromatic nitrogens is 4. The number of carbonyl (C=O) groups is 1. The molecule has 2 aromatic carbocycles. The first-order chi connectivity index (χ1) is 14.8. The van der Waals surface area contributed by atoms with Gasteiger partial charge in [-0.05, 0) is 29.8 Å². The van der Waals surface area contributed by atoms with Crippen LogP contribution in [-0.2, 0) is 17.9 Å². The van der Waals surface area contributed by atoms with E-state index >= 15 is 0 Å². The number of hydrogen-bond donors (Lipinski definition) is 2. The van der Waals surface area contributed by atoms with Crippen LogP contribution in [0.1, 0.15) is 5.56 Å². The van der Waals surface area contributed by atoms with Crippen molar-refractivity contribution in [2.75, 3.05) is 0 Å². The zero-order chi connectivity index (χ0) is 22.3. The molecule has 0 saturated heterocycles. The Hall–Kier alpha value is -3.43. The van der Waals surface area contributed by atoms with E-state index in [9.17, 15) is 18.8 Å². The summed E-state index contributed by atoms with van der Waals surface area (Å²) in [7, 11) is 0. The highest BCUT2D eigenvalue weighted by Crippen LogP contribution is 2.26. The second-order valence-corrected chi connectivity index (χ2v) is 7.52. The van der Waals surface area contributed by atoms with E-state index in [0.29, 0.717) is 15.2 Å². The minimum absolute atomic E-state index is 0.0447. The fourth-order valence-corrected chi connectivity index (χ4v) is 3.75. The van der Waals surface area contributed by atoms with Crippen molar-refractivity contribution in [3.05, 3.63) is 85.0 Å². The lowest BCUT2D eigenvalue weighted by Gasteiger charge is -2.15. The van der Waals surface area contributed by atoms with Gasteiger partial charge in [-0.25, -0.2) is 18.7 Å². The summed E-state index contributed by atoms with van der Waals surface area (Å²) in [6, 6.07) is 6.96. The Morgan fingerprint density at radius 3 is 2.58 bits per heavy atom. The van der Waals surface area contributed by atoms with Crippen LogP contribution in [0.4, 0.5) is 4.39 Å². The molecule has 11 heteroatoms. The Morgan fingerprint density at radius 1 is 1.16 bits per heavy atom. The number of carboxylic acids is 1. The summed E-state index contributed by atoms with van der Waals surface area (Å²) in [5.41, 5.74) is -1.13. The molecule has 0 radical (unpaired) electrons. The summed E-state index contributed by atoms with van der Waals surface area (Å²) < 4.78 is 16.5. The molecule has 0 aliphatic rings. The minimum Gasteiger partial charge on any atom is -0.480 e. The van der Waals surface area contributed by atoms with Crippen molar-refractivity contribution in [2.24, 2.45) is 0 Å². The molecule has 0 saturated carbocycles. The number of aromatic amines is 1. The van der Waals surface area contributed by atoms with E-state index in [4.69, 9.17) is 28.3 Å². The number of imidazole rings is 1. The molecule has 0 atom stereocenters. The number of nitrogens with zero attached hydrogens (tertiary/aromatic N) is 3. The molecule has 4 aromatic rings. The number of fused-ring (bicyclic) bond motifs is 1. The number of carboxylic acid groups (broad SMARTS) is 1. The van der Waals surface area contributed by atoms with E-state index in [0.717, 1.165) is 6.07 Å². The van der Waals surface area contributed by atoms with Crippen LogP contribution < -0.4 is 11.2 Å². The van der Waals surface area contributed by atoms with Crippen molar-refractivity contribution in [3.8, 4) is 11.4 Å². The van der Waals surface area contributed by atoms with Gasteiger partial charge in [-0.15, -0.1) is 0 Å². The maximum absolute atomic E-state index is 14.8. The summed E-state index contributed by atoms with van der Waals surface area (Å²) in [6.45, 7) is -0.974. The standard InChI is InChI=1S/C20H13Cl2FN4O4/c21-11-2-1-10(14(22)5-11)8-26-16-7-12(18-24-3-4-25-18)15(23)6-13(16)19(30)27(20(26)31)9-17(28)29/h1-7H,8-9H2,(H,24,25)(H,28,29). The molecule has 0 aliphatic heterocycles. The Morgan fingerprint density at radius 2 is 1.94 bits per heavy atom. The molecule has 158 valence electrons. The Bertz CT molecular complexity index is 1440. The highest BCUT2D eigenvalue weighted by atomic mass is 35.5. The van der Waals surface area contributed by atoms with Gasteiger partial charge in [-0.2, -0.15) is 0 Å². The van der Waals surface area contributed by atoms with E-state index in [1.807, 2.05) is 0 Å². The zero-order valence-corrected chi connectivity index (χ0v) is 17.1. The molecular weight excluding hydrogens is 450 g/mol. The first-order valence-electron chi connectivity index (χ1n) is 8.88. The van der Waals surface area contributed by atoms with Crippen LogP contribution in [0.2, 0.25) is 10.0 Å². The predicted octanol–water partition coefficient (Wildman–Crippen LogP) is 3.13. The maximum atomic E-state index is 14.8. The third-order valence-electron chi connectivity index (χ3n) is 4.70. The SMILES string of the molecule is O=C(O)Cn1c(=O)c2cc(F)c(-c3ncc[nH]3)cc2n(Cc2ccc(Cl)cc2Cl)c1=O. The molecule has 31 heavy (non-hydrogen) atoms. The van der Waals surface area contributed by atoms with E-state index in [2.05, 4.69) is 9.97 Å². The first-order valence-corrected chi connectivity index (χ1v) is 9.64. The number of benzene rings is 2. The first kappa shape index (κ1) is 20.8. The topological polar surface area (TPSA) is 110 Å². The minimum atomic E-state index is -1.39. The van der Waals surface area contributed by atoms with Crippen molar-refractivity contribution in [1.82, 2.24) is 19.1 Å². The van der Waals surface area contributed by atoms with Crippen molar-refractivity contribution in [2.45, 2.75) is 13.1 Å². The van der Waals surface area contributed by atoms with Crippen LogP contribution in [0.3, 0.4) is 0 Å². The summed E-state index contributed by atoms with van der Waals surface area (Å²) in [5, 5.41) is 9.65.